The van der Waals surface area contributed by atoms with Crippen LogP contribution in [0.15, 0.2) is 41.4 Å². The first kappa shape index (κ1) is 19.7. The van der Waals surface area contributed by atoms with E-state index in [-0.39, 0.29) is 23.7 Å². The van der Waals surface area contributed by atoms with Gasteiger partial charge in [-0.05, 0) is 56.0 Å². The van der Waals surface area contributed by atoms with E-state index >= 15 is 0 Å². The standard InChI is InChI=1S/C19H21F2NO4S/c1-12-8-13(2)18(22-11-12)17-10-16(6-7-25-17)27(23,24)15-5-3-4-14(9-15)26-19(20)21/h3-5,8-9,11,16-17,19H,6-7,10H2,1-2H3. The lowest BCUT2D eigenvalue weighted by molar-refractivity contribution is -0.0499. The Morgan fingerprint density at radius 1 is 1.26 bits per heavy atom. The predicted molar refractivity (Wildman–Crippen MR) is 95.7 cm³/mol. The number of halogens is 2. The smallest absolute Gasteiger partial charge is 0.387 e. The van der Waals surface area contributed by atoms with E-state index in [4.69, 9.17) is 4.74 Å². The van der Waals surface area contributed by atoms with Gasteiger partial charge in [0, 0.05) is 12.8 Å². The Kier molecular flexibility index (Phi) is 5.76. The van der Waals surface area contributed by atoms with Gasteiger partial charge in [0.15, 0.2) is 9.84 Å². The van der Waals surface area contributed by atoms with Gasteiger partial charge in [0.2, 0.25) is 0 Å². The largest absolute Gasteiger partial charge is 0.435 e. The third-order valence-electron chi connectivity index (χ3n) is 4.59. The molecule has 2 aromatic rings. The lowest BCUT2D eigenvalue weighted by Gasteiger charge is -2.30. The van der Waals surface area contributed by atoms with Gasteiger partial charge in [0.1, 0.15) is 11.9 Å². The summed E-state index contributed by atoms with van der Waals surface area (Å²) in [6.45, 7) is 1.14. The second-order valence-corrected chi connectivity index (χ2v) is 8.85. The minimum absolute atomic E-state index is 0.0279. The number of aryl methyl sites for hydroxylation is 2. The first-order chi connectivity index (χ1) is 12.8. The van der Waals surface area contributed by atoms with Gasteiger partial charge in [-0.15, -0.1) is 0 Å². The van der Waals surface area contributed by atoms with E-state index in [0.717, 1.165) is 22.9 Å². The average molecular weight is 397 g/mol. The van der Waals surface area contributed by atoms with E-state index in [9.17, 15) is 17.2 Å². The molecular formula is C19H21F2NO4S. The van der Waals surface area contributed by atoms with Crippen molar-refractivity contribution in [2.75, 3.05) is 6.61 Å². The maximum atomic E-state index is 13.0. The number of ether oxygens (including phenoxy) is 2. The van der Waals surface area contributed by atoms with Crippen molar-refractivity contribution in [3.05, 3.63) is 53.3 Å². The van der Waals surface area contributed by atoms with Crippen LogP contribution in [0, 0.1) is 13.8 Å². The summed E-state index contributed by atoms with van der Waals surface area (Å²) in [6, 6.07) is 7.22. The van der Waals surface area contributed by atoms with Gasteiger partial charge in [0.05, 0.1) is 15.8 Å². The molecule has 8 heteroatoms. The molecule has 0 spiro atoms. The number of pyridine rings is 1. The van der Waals surface area contributed by atoms with E-state index in [1.807, 2.05) is 19.9 Å². The van der Waals surface area contributed by atoms with Crippen LogP contribution < -0.4 is 4.74 Å². The molecule has 1 aliphatic heterocycles. The number of benzene rings is 1. The Morgan fingerprint density at radius 3 is 2.74 bits per heavy atom. The van der Waals surface area contributed by atoms with Crippen LogP contribution in [0.25, 0.3) is 0 Å². The fourth-order valence-corrected chi connectivity index (χ4v) is 5.09. The van der Waals surface area contributed by atoms with E-state index in [1.54, 1.807) is 6.20 Å². The number of sulfone groups is 1. The van der Waals surface area contributed by atoms with Crippen LogP contribution in [-0.4, -0.2) is 31.9 Å². The highest BCUT2D eigenvalue weighted by molar-refractivity contribution is 7.92. The third-order valence-corrected chi connectivity index (χ3v) is 6.81. The zero-order chi connectivity index (χ0) is 19.6. The Labute approximate surface area is 157 Å². The molecule has 2 heterocycles. The Morgan fingerprint density at radius 2 is 2.04 bits per heavy atom. The van der Waals surface area contributed by atoms with Crippen LogP contribution in [0.5, 0.6) is 5.75 Å². The van der Waals surface area contributed by atoms with E-state index in [1.165, 1.54) is 18.2 Å². The Bertz CT molecular complexity index is 918. The SMILES string of the molecule is Cc1cnc(C2CC(S(=O)(=O)c3cccc(OC(F)F)c3)CCO2)c(C)c1. The van der Waals surface area contributed by atoms with Crippen molar-refractivity contribution in [3.63, 3.8) is 0 Å². The quantitative estimate of drug-likeness (QED) is 0.763. The molecule has 0 aliphatic carbocycles. The second kappa shape index (κ2) is 7.90. The van der Waals surface area contributed by atoms with Crippen molar-refractivity contribution >= 4 is 9.84 Å². The molecule has 3 rings (SSSR count). The van der Waals surface area contributed by atoms with Crippen LogP contribution in [0.2, 0.25) is 0 Å². The molecule has 0 bridgehead atoms. The van der Waals surface area contributed by atoms with E-state index in [0.29, 0.717) is 6.42 Å². The third kappa shape index (κ3) is 4.44. The molecule has 1 aliphatic rings. The van der Waals surface area contributed by atoms with Crippen LogP contribution in [-0.2, 0) is 14.6 Å². The van der Waals surface area contributed by atoms with Gasteiger partial charge in [-0.25, -0.2) is 8.42 Å². The highest BCUT2D eigenvalue weighted by Gasteiger charge is 2.35. The first-order valence-electron chi connectivity index (χ1n) is 8.61. The Balaban J connectivity index is 1.84. The molecular weight excluding hydrogens is 376 g/mol. The zero-order valence-corrected chi connectivity index (χ0v) is 15.9. The van der Waals surface area contributed by atoms with Crippen LogP contribution in [0.3, 0.4) is 0 Å². The van der Waals surface area contributed by atoms with E-state index < -0.39 is 27.8 Å². The summed E-state index contributed by atoms with van der Waals surface area (Å²) in [5.41, 5.74) is 2.70. The number of hydrogen-bond donors (Lipinski definition) is 0. The fourth-order valence-electron chi connectivity index (χ4n) is 3.32. The summed E-state index contributed by atoms with van der Waals surface area (Å²) in [5.74, 6) is -0.175. The van der Waals surface area contributed by atoms with Gasteiger partial charge in [0.25, 0.3) is 0 Å². The zero-order valence-electron chi connectivity index (χ0n) is 15.1. The maximum absolute atomic E-state index is 13.0. The van der Waals surface area contributed by atoms with Crippen molar-refractivity contribution in [1.82, 2.24) is 4.98 Å². The number of alkyl halides is 2. The molecule has 0 saturated carbocycles. The summed E-state index contributed by atoms with van der Waals surface area (Å²) in [6.07, 6.45) is 1.91. The van der Waals surface area contributed by atoms with Gasteiger partial charge in [-0.2, -0.15) is 8.78 Å². The van der Waals surface area contributed by atoms with Crippen LogP contribution >= 0.6 is 0 Å². The molecule has 1 fully saturated rings. The summed E-state index contributed by atoms with van der Waals surface area (Å²) < 4.78 is 61.0. The second-order valence-electron chi connectivity index (χ2n) is 6.62. The van der Waals surface area contributed by atoms with Crippen molar-refractivity contribution in [3.8, 4) is 5.75 Å². The highest BCUT2D eigenvalue weighted by Crippen LogP contribution is 2.35. The van der Waals surface area contributed by atoms with Crippen molar-refractivity contribution in [2.24, 2.45) is 0 Å². The van der Waals surface area contributed by atoms with Gasteiger partial charge >= 0.3 is 6.61 Å². The van der Waals surface area contributed by atoms with Crippen molar-refractivity contribution in [2.45, 2.75) is 49.6 Å². The average Bonchev–Trinajstić information content (AvgIpc) is 2.61. The van der Waals surface area contributed by atoms with E-state index in [2.05, 4.69) is 9.72 Å². The topological polar surface area (TPSA) is 65.5 Å². The lowest BCUT2D eigenvalue weighted by atomic mass is 10.0. The molecule has 1 aromatic carbocycles. The monoisotopic (exact) mass is 397 g/mol. The van der Waals surface area contributed by atoms with Crippen molar-refractivity contribution in [1.29, 1.82) is 0 Å². The highest BCUT2D eigenvalue weighted by atomic mass is 32.2. The molecule has 1 aromatic heterocycles. The first-order valence-corrected chi connectivity index (χ1v) is 10.2. The summed E-state index contributed by atoms with van der Waals surface area (Å²) in [7, 11) is -3.71. The molecule has 2 unspecified atom stereocenters. The number of rotatable bonds is 5. The van der Waals surface area contributed by atoms with Gasteiger partial charge in [-0.3, -0.25) is 4.98 Å². The molecule has 1 saturated heterocycles. The maximum Gasteiger partial charge on any atom is 0.387 e. The Hall–Kier alpha value is -2.06. The lowest BCUT2D eigenvalue weighted by Crippen LogP contribution is -2.31. The summed E-state index contributed by atoms with van der Waals surface area (Å²) >= 11 is 0. The summed E-state index contributed by atoms with van der Waals surface area (Å²) in [4.78, 5) is 4.39. The molecule has 5 nitrogen and oxygen atoms in total. The minimum atomic E-state index is -3.71. The minimum Gasteiger partial charge on any atom is -0.435 e. The molecule has 0 N–H and O–H groups in total. The van der Waals surface area contributed by atoms with Gasteiger partial charge < -0.3 is 9.47 Å². The fraction of sp³-hybridized carbons (Fsp3) is 0.421. The molecule has 146 valence electrons. The van der Waals surface area contributed by atoms with Crippen LogP contribution in [0.4, 0.5) is 8.78 Å². The van der Waals surface area contributed by atoms with Gasteiger partial charge in [-0.1, -0.05) is 12.1 Å². The number of hydrogen-bond acceptors (Lipinski definition) is 5. The number of aromatic nitrogens is 1. The molecule has 2 atom stereocenters. The summed E-state index contributed by atoms with van der Waals surface area (Å²) in [5, 5.41) is -0.680. The molecule has 27 heavy (non-hydrogen) atoms. The molecule has 0 amide bonds. The normalized spacial score (nSPS) is 20.6. The molecule has 0 radical (unpaired) electrons. The van der Waals surface area contributed by atoms with Crippen LogP contribution in [0.1, 0.15) is 35.8 Å². The predicted octanol–water partition coefficient (Wildman–Crippen LogP) is 3.99. The number of nitrogens with zero attached hydrogens (tertiary/aromatic N) is 1. The van der Waals surface area contributed by atoms with Crippen molar-refractivity contribution < 1.29 is 26.7 Å².